The second-order valence-electron chi connectivity index (χ2n) is 8.54. The Morgan fingerprint density at radius 1 is 1.11 bits per heavy atom. The van der Waals surface area contributed by atoms with E-state index in [4.69, 9.17) is 0 Å². The lowest BCUT2D eigenvalue weighted by Crippen LogP contribution is -2.39. The van der Waals surface area contributed by atoms with Gasteiger partial charge >= 0.3 is 6.18 Å². The molecule has 0 aliphatic carbocycles. The van der Waals surface area contributed by atoms with Gasteiger partial charge < -0.3 is 10.2 Å². The van der Waals surface area contributed by atoms with E-state index >= 15 is 0 Å². The van der Waals surface area contributed by atoms with Gasteiger partial charge in [-0.15, -0.1) is 0 Å². The van der Waals surface area contributed by atoms with Gasteiger partial charge in [-0.3, -0.25) is 14.0 Å². The highest BCUT2D eigenvalue weighted by atomic mass is 32.2. The van der Waals surface area contributed by atoms with Crippen molar-refractivity contribution in [1.82, 2.24) is 19.6 Å². The van der Waals surface area contributed by atoms with Crippen molar-refractivity contribution < 1.29 is 22.8 Å². The van der Waals surface area contributed by atoms with Crippen LogP contribution in [0.3, 0.4) is 0 Å². The van der Waals surface area contributed by atoms with Crippen LogP contribution in [0.1, 0.15) is 34.5 Å². The van der Waals surface area contributed by atoms with Gasteiger partial charge in [0.05, 0.1) is 27.4 Å². The number of amides is 2. The van der Waals surface area contributed by atoms with Crippen molar-refractivity contribution in [3.63, 3.8) is 0 Å². The van der Waals surface area contributed by atoms with Crippen LogP contribution in [0.25, 0.3) is 11.7 Å². The van der Waals surface area contributed by atoms with Gasteiger partial charge in [-0.05, 0) is 55.3 Å². The van der Waals surface area contributed by atoms with Gasteiger partial charge in [0.2, 0.25) is 0 Å². The fourth-order valence-corrected chi connectivity index (χ4v) is 6.39. The van der Waals surface area contributed by atoms with Crippen LogP contribution in [0.2, 0.25) is 0 Å². The zero-order chi connectivity index (χ0) is 25.3. The van der Waals surface area contributed by atoms with Crippen molar-refractivity contribution in [2.75, 3.05) is 25.4 Å². The number of nitrogens with one attached hydrogen (secondary N) is 1. The maximum atomic E-state index is 12.7. The molecular formula is C25H23F3N4O2S2. The lowest BCUT2D eigenvalue weighted by Gasteiger charge is -2.32. The number of alkyl halides is 3. The van der Waals surface area contributed by atoms with E-state index in [0.717, 1.165) is 47.1 Å². The number of rotatable bonds is 6. The number of piperidine rings is 1. The summed E-state index contributed by atoms with van der Waals surface area (Å²) in [5.74, 6) is 0.408. The summed E-state index contributed by atoms with van der Waals surface area (Å²) in [5.41, 5.74) is 1.25. The second-order valence-corrected chi connectivity index (χ2v) is 11.0. The molecule has 0 unspecified atom stereocenters. The number of imidazole rings is 1. The molecule has 0 radical (unpaired) electrons. The standard InChI is InChI=1S/C25H23F3N4O2S2/c26-25(27,28)17-6-4-16(5-7-17)24(34)31-11-8-19(9-12-31)35-13-10-29-23(33)20-14-18-15-30-21-2-1-3-22(36-20)32(18)21/h1-7,14-15,19H,8-13H2,(H,29,33). The molecule has 6 nitrogen and oxygen atoms in total. The fraction of sp³-hybridized carbons (Fsp3) is 0.320. The highest BCUT2D eigenvalue weighted by molar-refractivity contribution is 8.04. The summed E-state index contributed by atoms with van der Waals surface area (Å²) in [4.78, 5) is 32.0. The first-order valence-corrected chi connectivity index (χ1v) is 13.4. The second kappa shape index (κ2) is 10.2. The van der Waals surface area contributed by atoms with Crippen LogP contribution in [-0.2, 0) is 11.0 Å². The highest BCUT2D eigenvalue weighted by Crippen LogP contribution is 2.34. The molecule has 5 rings (SSSR count). The summed E-state index contributed by atoms with van der Waals surface area (Å²) in [6.45, 7) is 1.66. The Kier molecular flexibility index (Phi) is 7.03. The number of thioether (sulfide) groups is 2. The minimum absolute atomic E-state index is 0.109. The molecule has 11 heteroatoms. The molecule has 0 atom stereocenters. The molecule has 1 aromatic carbocycles. The Labute approximate surface area is 214 Å². The number of pyridine rings is 1. The summed E-state index contributed by atoms with van der Waals surface area (Å²) in [5, 5.41) is 4.31. The maximum Gasteiger partial charge on any atom is 0.416 e. The summed E-state index contributed by atoms with van der Waals surface area (Å²) < 4.78 is 40.2. The minimum atomic E-state index is -4.42. The van der Waals surface area contributed by atoms with Crippen molar-refractivity contribution >= 4 is 47.1 Å². The molecule has 1 N–H and O–H groups in total. The molecule has 188 valence electrons. The highest BCUT2D eigenvalue weighted by Gasteiger charge is 2.31. The third-order valence-corrected chi connectivity index (χ3v) is 8.60. The molecule has 0 bridgehead atoms. The predicted molar refractivity (Wildman–Crippen MR) is 135 cm³/mol. The lowest BCUT2D eigenvalue weighted by molar-refractivity contribution is -0.137. The Morgan fingerprint density at radius 3 is 2.58 bits per heavy atom. The van der Waals surface area contributed by atoms with Crippen molar-refractivity contribution in [2.24, 2.45) is 0 Å². The van der Waals surface area contributed by atoms with Crippen LogP contribution in [0.4, 0.5) is 13.2 Å². The van der Waals surface area contributed by atoms with Gasteiger partial charge in [0.25, 0.3) is 11.8 Å². The van der Waals surface area contributed by atoms with E-state index < -0.39 is 11.7 Å². The number of carbonyl (C=O) groups excluding carboxylic acids is 2. The summed E-state index contributed by atoms with van der Waals surface area (Å²) in [6.07, 6.45) is 0.807. The van der Waals surface area contributed by atoms with E-state index in [2.05, 4.69) is 10.3 Å². The van der Waals surface area contributed by atoms with Gasteiger partial charge in [0, 0.05) is 36.2 Å². The Balaban J connectivity index is 1.05. The lowest BCUT2D eigenvalue weighted by atomic mass is 10.1. The average Bonchev–Trinajstić information content (AvgIpc) is 3.30. The molecule has 3 aromatic rings. The maximum absolute atomic E-state index is 12.7. The number of carbonyl (C=O) groups is 2. The molecule has 2 amide bonds. The number of benzene rings is 1. The normalized spacial score (nSPS) is 16.2. The van der Waals surface area contributed by atoms with E-state index in [1.54, 1.807) is 22.9 Å². The molecule has 1 saturated heterocycles. The topological polar surface area (TPSA) is 66.7 Å². The van der Waals surface area contributed by atoms with Crippen molar-refractivity contribution in [3.05, 3.63) is 70.4 Å². The van der Waals surface area contributed by atoms with Crippen LogP contribution in [0, 0.1) is 0 Å². The molecule has 2 aliphatic rings. The predicted octanol–water partition coefficient (Wildman–Crippen LogP) is 4.95. The van der Waals surface area contributed by atoms with E-state index in [1.165, 1.54) is 23.9 Å². The first-order valence-electron chi connectivity index (χ1n) is 11.5. The zero-order valence-electron chi connectivity index (χ0n) is 19.1. The molecule has 2 aliphatic heterocycles. The van der Waals surface area contributed by atoms with E-state index in [-0.39, 0.29) is 17.4 Å². The smallest absolute Gasteiger partial charge is 0.351 e. The summed E-state index contributed by atoms with van der Waals surface area (Å²) in [7, 11) is 0. The third kappa shape index (κ3) is 5.27. The Hall–Kier alpha value is -2.92. The molecule has 36 heavy (non-hydrogen) atoms. The largest absolute Gasteiger partial charge is 0.416 e. The SMILES string of the molecule is O=C(NCCSC1CCN(C(=O)c2ccc(C(F)(F)F)cc2)CC1)C1=Cc2cnc3cccc(n23)S1. The van der Waals surface area contributed by atoms with Gasteiger partial charge in [-0.2, -0.15) is 24.9 Å². The van der Waals surface area contributed by atoms with Crippen LogP contribution < -0.4 is 5.32 Å². The molecular weight excluding hydrogens is 509 g/mol. The van der Waals surface area contributed by atoms with Crippen molar-refractivity contribution in [3.8, 4) is 0 Å². The first kappa shape index (κ1) is 24.8. The van der Waals surface area contributed by atoms with Gasteiger partial charge in [0.1, 0.15) is 5.65 Å². The van der Waals surface area contributed by atoms with Gasteiger partial charge in [-0.1, -0.05) is 17.8 Å². The fourth-order valence-electron chi connectivity index (χ4n) is 4.29. The minimum Gasteiger partial charge on any atom is -0.351 e. The summed E-state index contributed by atoms with van der Waals surface area (Å²) >= 11 is 3.19. The first-order chi connectivity index (χ1) is 17.3. The Morgan fingerprint density at radius 2 is 1.86 bits per heavy atom. The van der Waals surface area contributed by atoms with Crippen LogP contribution in [0.5, 0.6) is 0 Å². The third-order valence-electron chi connectivity index (χ3n) is 6.17. The molecule has 1 fully saturated rings. The van der Waals surface area contributed by atoms with Gasteiger partial charge in [-0.25, -0.2) is 4.98 Å². The summed E-state index contributed by atoms with van der Waals surface area (Å²) in [6, 6.07) is 10.2. The van der Waals surface area contributed by atoms with Gasteiger partial charge in [0.15, 0.2) is 0 Å². The number of halogens is 3. The van der Waals surface area contributed by atoms with E-state index in [0.29, 0.717) is 29.8 Å². The number of likely N-dealkylation sites (tertiary alicyclic amines) is 1. The average molecular weight is 533 g/mol. The number of hydrogen-bond donors (Lipinski definition) is 1. The number of hydrogen-bond acceptors (Lipinski definition) is 5. The molecule has 0 saturated carbocycles. The van der Waals surface area contributed by atoms with Crippen molar-refractivity contribution in [1.29, 1.82) is 0 Å². The number of nitrogens with zero attached hydrogens (tertiary/aromatic N) is 3. The monoisotopic (exact) mass is 532 g/mol. The quantitative estimate of drug-likeness (QED) is 0.455. The number of aromatic nitrogens is 2. The molecule has 4 heterocycles. The van der Waals surface area contributed by atoms with Crippen LogP contribution in [-0.4, -0.2) is 56.7 Å². The zero-order valence-corrected chi connectivity index (χ0v) is 20.8. The molecule has 2 aromatic heterocycles. The molecule has 0 spiro atoms. The van der Waals surface area contributed by atoms with E-state index in [1.807, 2.05) is 28.7 Å². The van der Waals surface area contributed by atoms with E-state index in [9.17, 15) is 22.8 Å². The van der Waals surface area contributed by atoms with Crippen LogP contribution in [0.15, 0.2) is 58.6 Å². The van der Waals surface area contributed by atoms with Crippen LogP contribution >= 0.6 is 23.5 Å². The van der Waals surface area contributed by atoms with Crippen molar-refractivity contribution in [2.45, 2.75) is 29.3 Å². The Bertz CT molecular complexity index is 1310.